The van der Waals surface area contributed by atoms with Crippen molar-refractivity contribution in [2.24, 2.45) is 0 Å². The molecule has 2 nitrogen and oxygen atoms in total. The van der Waals surface area contributed by atoms with Crippen LogP contribution in [0.2, 0.25) is 5.28 Å². The Kier molecular flexibility index (Phi) is 3.19. The van der Waals surface area contributed by atoms with Gasteiger partial charge >= 0.3 is 0 Å². The normalized spacial score (nSPS) is 11.5. The minimum absolute atomic E-state index is 0.340. The van der Waals surface area contributed by atoms with Crippen molar-refractivity contribution in [3.05, 3.63) is 16.2 Å². The maximum absolute atomic E-state index is 5.89. The van der Waals surface area contributed by atoms with Crippen molar-refractivity contribution in [3.8, 4) is 0 Å². The molecule has 2 heterocycles. The molecule has 0 atom stereocenters. The standard InChI is InChI=1S/C10H11ClN2S2/c1-5(2)14-8-7-4-6(3)15-9(7)13-10(11)12-8/h4-5H,1-3H3. The zero-order valence-electron chi connectivity index (χ0n) is 8.74. The van der Waals surface area contributed by atoms with Crippen LogP contribution >= 0.6 is 34.7 Å². The Balaban J connectivity index is 2.59. The summed E-state index contributed by atoms with van der Waals surface area (Å²) < 4.78 is 0. The van der Waals surface area contributed by atoms with Crippen LogP contribution in [0.3, 0.4) is 0 Å². The highest BCUT2D eigenvalue weighted by atomic mass is 35.5. The Morgan fingerprint density at radius 2 is 2.13 bits per heavy atom. The molecule has 0 amide bonds. The molecule has 0 aliphatic heterocycles. The van der Waals surface area contributed by atoms with Crippen molar-refractivity contribution in [2.45, 2.75) is 31.0 Å². The summed E-state index contributed by atoms with van der Waals surface area (Å²) in [4.78, 5) is 10.7. The number of hydrogen-bond acceptors (Lipinski definition) is 4. The molecule has 2 rings (SSSR count). The summed E-state index contributed by atoms with van der Waals surface area (Å²) in [6.45, 7) is 6.36. The van der Waals surface area contributed by atoms with E-state index in [2.05, 4.69) is 36.8 Å². The van der Waals surface area contributed by atoms with Gasteiger partial charge in [0, 0.05) is 15.5 Å². The fourth-order valence-corrected chi connectivity index (χ4v) is 3.39. The maximum atomic E-state index is 5.89. The van der Waals surface area contributed by atoms with Gasteiger partial charge in [-0.25, -0.2) is 9.97 Å². The van der Waals surface area contributed by atoms with E-state index in [1.165, 1.54) is 4.88 Å². The minimum Gasteiger partial charge on any atom is -0.211 e. The van der Waals surface area contributed by atoms with E-state index in [0.29, 0.717) is 10.5 Å². The van der Waals surface area contributed by atoms with Crippen LogP contribution < -0.4 is 0 Å². The highest BCUT2D eigenvalue weighted by Gasteiger charge is 2.11. The van der Waals surface area contributed by atoms with Gasteiger partial charge < -0.3 is 0 Å². The van der Waals surface area contributed by atoms with E-state index in [-0.39, 0.29) is 0 Å². The van der Waals surface area contributed by atoms with Gasteiger partial charge in [0.25, 0.3) is 0 Å². The van der Waals surface area contributed by atoms with Crippen LogP contribution in [0.5, 0.6) is 0 Å². The first-order chi connectivity index (χ1) is 7.06. The molecule has 5 heteroatoms. The fraction of sp³-hybridized carbons (Fsp3) is 0.400. The van der Waals surface area contributed by atoms with Crippen LogP contribution in [0, 0.1) is 6.92 Å². The van der Waals surface area contributed by atoms with E-state index in [9.17, 15) is 0 Å². The van der Waals surface area contributed by atoms with Crippen LogP contribution in [0.15, 0.2) is 11.1 Å². The summed E-state index contributed by atoms with van der Waals surface area (Å²) in [6, 6.07) is 2.13. The number of aromatic nitrogens is 2. The third-order valence-corrected chi connectivity index (χ3v) is 3.92. The molecule has 0 saturated heterocycles. The first-order valence-corrected chi connectivity index (χ1v) is 6.74. The summed E-state index contributed by atoms with van der Waals surface area (Å²) in [6.07, 6.45) is 0. The van der Waals surface area contributed by atoms with Gasteiger partial charge in [-0.2, -0.15) is 0 Å². The third-order valence-electron chi connectivity index (χ3n) is 1.80. The smallest absolute Gasteiger partial charge is 0.211 e. The van der Waals surface area contributed by atoms with Crippen LogP contribution in [0.1, 0.15) is 18.7 Å². The molecule has 0 saturated carbocycles. The Morgan fingerprint density at radius 1 is 1.40 bits per heavy atom. The highest BCUT2D eigenvalue weighted by Crippen LogP contribution is 2.33. The zero-order chi connectivity index (χ0) is 11.0. The van der Waals surface area contributed by atoms with Gasteiger partial charge in [-0.3, -0.25) is 0 Å². The monoisotopic (exact) mass is 258 g/mol. The predicted molar refractivity (Wildman–Crippen MR) is 68.2 cm³/mol. The second-order valence-electron chi connectivity index (χ2n) is 3.54. The zero-order valence-corrected chi connectivity index (χ0v) is 11.1. The number of rotatable bonds is 2. The van der Waals surface area contributed by atoms with Crippen LogP contribution in [-0.2, 0) is 0 Å². The quantitative estimate of drug-likeness (QED) is 0.460. The number of fused-ring (bicyclic) bond motifs is 1. The largest absolute Gasteiger partial charge is 0.224 e. The van der Waals surface area contributed by atoms with Gasteiger partial charge in [-0.05, 0) is 24.6 Å². The molecule has 0 fully saturated rings. The van der Waals surface area contributed by atoms with E-state index < -0.39 is 0 Å². The Hall–Kier alpha value is -0.320. The van der Waals surface area contributed by atoms with Crippen molar-refractivity contribution in [3.63, 3.8) is 0 Å². The Bertz CT molecular complexity index is 493. The van der Waals surface area contributed by atoms with Crippen molar-refractivity contribution in [1.82, 2.24) is 9.97 Å². The van der Waals surface area contributed by atoms with Crippen molar-refractivity contribution < 1.29 is 0 Å². The molecule has 80 valence electrons. The van der Waals surface area contributed by atoms with E-state index >= 15 is 0 Å². The average Bonchev–Trinajstić information content (AvgIpc) is 2.44. The van der Waals surface area contributed by atoms with E-state index in [0.717, 1.165) is 15.2 Å². The number of thioether (sulfide) groups is 1. The molecule has 0 radical (unpaired) electrons. The fourth-order valence-electron chi connectivity index (χ4n) is 1.30. The van der Waals surface area contributed by atoms with Gasteiger partial charge in [0.05, 0.1) is 0 Å². The molecule has 0 spiro atoms. The molecule has 0 unspecified atom stereocenters. The molecular formula is C10H11ClN2S2. The van der Waals surface area contributed by atoms with Crippen molar-refractivity contribution in [2.75, 3.05) is 0 Å². The lowest BCUT2D eigenvalue weighted by molar-refractivity contribution is 1.07. The van der Waals surface area contributed by atoms with Gasteiger partial charge in [-0.1, -0.05) is 13.8 Å². The van der Waals surface area contributed by atoms with Crippen LogP contribution in [0.25, 0.3) is 10.2 Å². The highest BCUT2D eigenvalue weighted by molar-refractivity contribution is 8.00. The van der Waals surface area contributed by atoms with Gasteiger partial charge in [0.15, 0.2) is 0 Å². The maximum Gasteiger partial charge on any atom is 0.224 e. The molecule has 15 heavy (non-hydrogen) atoms. The second-order valence-corrected chi connectivity index (χ2v) is 6.68. The molecule has 2 aromatic heterocycles. The molecule has 2 aromatic rings. The lowest BCUT2D eigenvalue weighted by atomic mass is 10.4. The Morgan fingerprint density at radius 3 is 2.80 bits per heavy atom. The molecule has 0 bridgehead atoms. The second kappa shape index (κ2) is 4.28. The molecule has 0 aliphatic rings. The van der Waals surface area contributed by atoms with E-state index in [1.54, 1.807) is 23.1 Å². The average molecular weight is 259 g/mol. The summed E-state index contributed by atoms with van der Waals surface area (Å²) in [5, 5.41) is 2.96. The number of nitrogens with zero attached hydrogens (tertiary/aromatic N) is 2. The lowest BCUT2D eigenvalue weighted by Crippen LogP contribution is -1.91. The topological polar surface area (TPSA) is 25.8 Å². The summed E-state index contributed by atoms with van der Waals surface area (Å²) in [7, 11) is 0. The first kappa shape index (κ1) is 11.2. The molecular weight excluding hydrogens is 248 g/mol. The Labute approximate surface area is 102 Å². The SMILES string of the molecule is Cc1cc2c(SC(C)C)nc(Cl)nc2s1. The first-order valence-electron chi connectivity index (χ1n) is 4.66. The van der Waals surface area contributed by atoms with Gasteiger partial charge in [-0.15, -0.1) is 23.1 Å². The minimum atomic E-state index is 0.340. The molecule has 0 aromatic carbocycles. The molecule has 0 aliphatic carbocycles. The number of halogens is 1. The summed E-state index contributed by atoms with van der Waals surface area (Å²) in [5.74, 6) is 0. The van der Waals surface area contributed by atoms with Gasteiger partial charge in [0.2, 0.25) is 5.28 Å². The van der Waals surface area contributed by atoms with Crippen LogP contribution in [0.4, 0.5) is 0 Å². The van der Waals surface area contributed by atoms with Gasteiger partial charge in [0.1, 0.15) is 9.86 Å². The predicted octanol–water partition coefficient (Wildman–Crippen LogP) is 4.15. The molecule has 0 N–H and O–H groups in total. The van der Waals surface area contributed by atoms with Crippen molar-refractivity contribution in [1.29, 1.82) is 0 Å². The van der Waals surface area contributed by atoms with E-state index in [4.69, 9.17) is 11.6 Å². The number of thiophene rings is 1. The number of hydrogen-bond donors (Lipinski definition) is 0. The van der Waals surface area contributed by atoms with Crippen LogP contribution in [-0.4, -0.2) is 15.2 Å². The summed E-state index contributed by atoms with van der Waals surface area (Å²) >= 11 is 9.27. The lowest BCUT2D eigenvalue weighted by Gasteiger charge is -2.04. The third kappa shape index (κ3) is 2.44. The number of aryl methyl sites for hydroxylation is 1. The summed E-state index contributed by atoms with van der Waals surface area (Å²) in [5.41, 5.74) is 0. The van der Waals surface area contributed by atoms with Crippen molar-refractivity contribution >= 4 is 44.9 Å². The van der Waals surface area contributed by atoms with E-state index in [1.807, 2.05) is 0 Å².